The molecule has 0 atom stereocenters. The molecule has 0 radical (unpaired) electrons. The summed E-state index contributed by atoms with van der Waals surface area (Å²) in [6.07, 6.45) is 0.718. The average Bonchev–Trinajstić information content (AvgIpc) is 2.22. The third-order valence-corrected chi connectivity index (χ3v) is 2.02. The van der Waals surface area contributed by atoms with Crippen LogP contribution >= 0.6 is 11.6 Å². The summed E-state index contributed by atoms with van der Waals surface area (Å²) in [5.41, 5.74) is 0.390. The van der Waals surface area contributed by atoms with Crippen LogP contribution in [0.3, 0.4) is 0 Å². The number of phenolic OH excluding ortho intramolecular Hbond substituents is 1. The van der Waals surface area contributed by atoms with Gasteiger partial charge in [-0.25, -0.2) is 4.79 Å². The maximum atomic E-state index is 11.3. The van der Waals surface area contributed by atoms with Crippen LogP contribution in [-0.2, 0) is 0 Å². The molecule has 0 aromatic heterocycles. The highest BCUT2D eigenvalue weighted by Gasteiger charge is 2.03. The van der Waals surface area contributed by atoms with Gasteiger partial charge in [0, 0.05) is 12.4 Å². The van der Waals surface area contributed by atoms with E-state index >= 15 is 0 Å². The SMILES string of the molecule is O=C(NCCCCl)Nc1ccccc1O. The fourth-order valence-corrected chi connectivity index (χ4v) is 1.15. The Bertz CT molecular complexity index is 331. The van der Waals surface area contributed by atoms with Crippen molar-refractivity contribution in [2.75, 3.05) is 17.7 Å². The molecule has 15 heavy (non-hydrogen) atoms. The lowest BCUT2D eigenvalue weighted by Crippen LogP contribution is -2.29. The van der Waals surface area contributed by atoms with E-state index in [1.165, 1.54) is 6.07 Å². The Kier molecular flexibility index (Phi) is 4.77. The lowest BCUT2D eigenvalue weighted by atomic mass is 10.3. The highest BCUT2D eigenvalue weighted by Crippen LogP contribution is 2.20. The minimum absolute atomic E-state index is 0.0463. The Morgan fingerprint density at radius 3 is 2.80 bits per heavy atom. The Labute approximate surface area is 93.2 Å². The second-order valence-corrected chi connectivity index (χ2v) is 3.32. The van der Waals surface area contributed by atoms with Crippen molar-refractivity contribution < 1.29 is 9.90 Å². The molecule has 1 aromatic rings. The van der Waals surface area contributed by atoms with E-state index in [1.807, 2.05) is 0 Å². The first kappa shape index (κ1) is 11.7. The molecule has 0 aliphatic heterocycles. The molecule has 4 nitrogen and oxygen atoms in total. The van der Waals surface area contributed by atoms with Crippen LogP contribution in [0.25, 0.3) is 0 Å². The lowest BCUT2D eigenvalue weighted by Gasteiger charge is -2.07. The summed E-state index contributed by atoms with van der Waals surface area (Å²) >= 11 is 5.46. The summed E-state index contributed by atoms with van der Waals surface area (Å²) in [5.74, 6) is 0.557. The van der Waals surface area contributed by atoms with Crippen molar-refractivity contribution in [3.8, 4) is 5.75 Å². The molecular formula is C10H13ClN2O2. The molecule has 3 N–H and O–H groups in total. The van der Waals surface area contributed by atoms with E-state index in [2.05, 4.69) is 10.6 Å². The zero-order chi connectivity index (χ0) is 11.1. The van der Waals surface area contributed by atoms with Gasteiger partial charge in [0.15, 0.2) is 0 Å². The zero-order valence-electron chi connectivity index (χ0n) is 8.16. The molecule has 0 saturated carbocycles. The van der Waals surface area contributed by atoms with Gasteiger partial charge in [0.1, 0.15) is 5.75 Å². The fourth-order valence-electron chi connectivity index (χ4n) is 1.01. The zero-order valence-corrected chi connectivity index (χ0v) is 8.92. The van der Waals surface area contributed by atoms with Gasteiger partial charge in [-0.3, -0.25) is 0 Å². The van der Waals surface area contributed by atoms with E-state index in [0.717, 1.165) is 6.42 Å². The third kappa shape index (κ3) is 4.08. The van der Waals surface area contributed by atoms with E-state index in [1.54, 1.807) is 18.2 Å². The number of hydrogen-bond donors (Lipinski definition) is 3. The van der Waals surface area contributed by atoms with Gasteiger partial charge in [-0.05, 0) is 18.6 Å². The minimum Gasteiger partial charge on any atom is -0.506 e. The number of hydrogen-bond acceptors (Lipinski definition) is 2. The summed E-state index contributed by atoms with van der Waals surface area (Å²) in [5, 5.41) is 14.5. The number of nitrogens with one attached hydrogen (secondary N) is 2. The number of halogens is 1. The van der Waals surface area contributed by atoms with Gasteiger partial charge >= 0.3 is 6.03 Å². The second-order valence-electron chi connectivity index (χ2n) is 2.94. The van der Waals surface area contributed by atoms with E-state index in [-0.39, 0.29) is 11.8 Å². The fraction of sp³-hybridized carbons (Fsp3) is 0.300. The monoisotopic (exact) mass is 228 g/mol. The summed E-state index contributed by atoms with van der Waals surface area (Å²) < 4.78 is 0. The molecule has 0 heterocycles. The van der Waals surface area contributed by atoms with Gasteiger partial charge in [0.05, 0.1) is 5.69 Å². The smallest absolute Gasteiger partial charge is 0.319 e. The van der Waals surface area contributed by atoms with Gasteiger partial charge in [0.2, 0.25) is 0 Å². The number of aromatic hydroxyl groups is 1. The predicted molar refractivity (Wildman–Crippen MR) is 60.5 cm³/mol. The van der Waals surface area contributed by atoms with E-state index < -0.39 is 0 Å². The van der Waals surface area contributed by atoms with Crippen LogP contribution in [0.5, 0.6) is 5.75 Å². The predicted octanol–water partition coefficient (Wildman–Crippen LogP) is 2.14. The molecule has 1 aromatic carbocycles. The molecule has 1 rings (SSSR count). The van der Waals surface area contributed by atoms with Crippen molar-refractivity contribution >= 4 is 23.3 Å². The second kappa shape index (κ2) is 6.14. The first-order valence-corrected chi connectivity index (χ1v) is 5.16. The van der Waals surface area contributed by atoms with Crippen molar-refractivity contribution in [2.45, 2.75) is 6.42 Å². The molecule has 82 valence electrons. The maximum absolute atomic E-state index is 11.3. The number of alkyl halides is 1. The van der Waals surface area contributed by atoms with Crippen LogP contribution in [0, 0.1) is 0 Å². The number of phenols is 1. The van der Waals surface area contributed by atoms with Crippen LogP contribution < -0.4 is 10.6 Å². The molecular weight excluding hydrogens is 216 g/mol. The Morgan fingerprint density at radius 2 is 2.13 bits per heavy atom. The van der Waals surface area contributed by atoms with Crippen molar-refractivity contribution in [1.82, 2.24) is 5.32 Å². The van der Waals surface area contributed by atoms with Crippen LogP contribution in [0.2, 0.25) is 0 Å². The normalized spacial score (nSPS) is 9.67. The van der Waals surface area contributed by atoms with Crippen molar-refractivity contribution in [3.05, 3.63) is 24.3 Å². The molecule has 0 unspecified atom stereocenters. The number of urea groups is 1. The Hall–Kier alpha value is -1.42. The summed E-state index contributed by atoms with van der Waals surface area (Å²) in [6.45, 7) is 0.517. The standard InChI is InChI=1S/C10H13ClN2O2/c11-6-3-7-12-10(15)13-8-4-1-2-5-9(8)14/h1-2,4-5,14H,3,6-7H2,(H2,12,13,15). The quantitative estimate of drug-likeness (QED) is 0.420. The summed E-state index contributed by atoms with van der Waals surface area (Å²) in [4.78, 5) is 11.3. The lowest BCUT2D eigenvalue weighted by molar-refractivity contribution is 0.252. The van der Waals surface area contributed by atoms with Crippen molar-refractivity contribution in [1.29, 1.82) is 0 Å². The third-order valence-electron chi connectivity index (χ3n) is 1.75. The first-order valence-electron chi connectivity index (χ1n) is 4.63. The first-order chi connectivity index (χ1) is 7.24. The van der Waals surface area contributed by atoms with Crippen LogP contribution in [-0.4, -0.2) is 23.6 Å². The molecule has 0 spiro atoms. The van der Waals surface area contributed by atoms with E-state index in [4.69, 9.17) is 11.6 Å². The highest BCUT2D eigenvalue weighted by molar-refractivity contribution is 6.17. The van der Waals surface area contributed by atoms with Gasteiger partial charge < -0.3 is 15.7 Å². The molecule has 0 aliphatic carbocycles. The van der Waals surface area contributed by atoms with Gasteiger partial charge in [-0.15, -0.1) is 11.6 Å². The molecule has 0 saturated heterocycles. The number of benzene rings is 1. The number of rotatable bonds is 4. The van der Waals surface area contributed by atoms with Crippen LogP contribution in [0.4, 0.5) is 10.5 Å². The summed E-state index contributed by atoms with van der Waals surface area (Å²) in [6, 6.07) is 6.20. The Balaban J connectivity index is 2.41. The number of carbonyl (C=O) groups excluding carboxylic acids is 1. The van der Waals surface area contributed by atoms with Gasteiger partial charge in [-0.1, -0.05) is 12.1 Å². The van der Waals surface area contributed by atoms with Gasteiger partial charge in [0.25, 0.3) is 0 Å². The van der Waals surface area contributed by atoms with E-state index in [0.29, 0.717) is 18.1 Å². The number of carbonyl (C=O) groups is 1. The summed E-state index contributed by atoms with van der Waals surface area (Å²) in [7, 11) is 0. The molecule has 2 amide bonds. The van der Waals surface area contributed by atoms with Crippen LogP contribution in [0.1, 0.15) is 6.42 Å². The topological polar surface area (TPSA) is 61.4 Å². The Morgan fingerprint density at radius 1 is 1.40 bits per heavy atom. The number of amides is 2. The highest BCUT2D eigenvalue weighted by atomic mass is 35.5. The van der Waals surface area contributed by atoms with Crippen molar-refractivity contribution in [3.63, 3.8) is 0 Å². The largest absolute Gasteiger partial charge is 0.506 e. The van der Waals surface area contributed by atoms with Gasteiger partial charge in [-0.2, -0.15) is 0 Å². The van der Waals surface area contributed by atoms with Crippen LogP contribution in [0.15, 0.2) is 24.3 Å². The number of anilines is 1. The number of para-hydroxylation sites is 2. The molecule has 5 heteroatoms. The molecule has 0 fully saturated rings. The average molecular weight is 229 g/mol. The molecule has 0 aliphatic rings. The minimum atomic E-state index is -0.346. The van der Waals surface area contributed by atoms with Crippen molar-refractivity contribution in [2.24, 2.45) is 0 Å². The maximum Gasteiger partial charge on any atom is 0.319 e. The molecule has 0 bridgehead atoms. The van der Waals surface area contributed by atoms with E-state index in [9.17, 15) is 9.90 Å².